The van der Waals surface area contributed by atoms with Crippen molar-refractivity contribution in [2.24, 2.45) is 5.92 Å². The number of carbonyl (C=O) groups excluding carboxylic acids is 1. The summed E-state index contributed by atoms with van der Waals surface area (Å²) >= 11 is 0. The molecular weight excluding hydrogens is 166 g/mol. The van der Waals surface area contributed by atoms with Gasteiger partial charge in [-0.3, -0.25) is 4.79 Å². The minimum absolute atomic E-state index is 0.0335. The summed E-state index contributed by atoms with van der Waals surface area (Å²) in [5.74, 6) is 0.414. The molecule has 0 aliphatic rings. The van der Waals surface area contributed by atoms with Crippen molar-refractivity contribution >= 4 is 5.97 Å². The lowest BCUT2D eigenvalue weighted by molar-refractivity contribution is -0.147. The SMILES string of the molecule is CCNCC(=O)OC(C)CC(C)C. The van der Waals surface area contributed by atoms with E-state index in [1.807, 2.05) is 13.8 Å². The Balaban J connectivity index is 3.53. The van der Waals surface area contributed by atoms with Crippen LogP contribution in [-0.2, 0) is 9.53 Å². The van der Waals surface area contributed by atoms with E-state index in [0.29, 0.717) is 12.5 Å². The monoisotopic (exact) mass is 187 g/mol. The maximum absolute atomic E-state index is 11.1. The maximum Gasteiger partial charge on any atom is 0.320 e. The van der Waals surface area contributed by atoms with Gasteiger partial charge >= 0.3 is 5.97 Å². The van der Waals surface area contributed by atoms with Gasteiger partial charge in [0.15, 0.2) is 0 Å². The first kappa shape index (κ1) is 12.4. The third-order valence-corrected chi connectivity index (χ3v) is 1.66. The zero-order valence-corrected chi connectivity index (χ0v) is 9.09. The van der Waals surface area contributed by atoms with Gasteiger partial charge in [-0.1, -0.05) is 20.8 Å². The van der Waals surface area contributed by atoms with Crippen molar-refractivity contribution in [1.29, 1.82) is 0 Å². The Bertz CT molecular complexity index is 146. The first-order valence-electron chi connectivity index (χ1n) is 4.96. The Labute approximate surface area is 80.8 Å². The van der Waals surface area contributed by atoms with Gasteiger partial charge < -0.3 is 10.1 Å². The lowest BCUT2D eigenvalue weighted by atomic mass is 10.1. The number of ether oxygens (including phenoxy) is 1. The molecule has 1 unspecified atom stereocenters. The lowest BCUT2D eigenvalue weighted by Crippen LogP contribution is -2.27. The van der Waals surface area contributed by atoms with Gasteiger partial charge in [0.05, 0.1) is 12.6 Å². The van der Waals surface area contributed by atoms with E-state index >= 15 is 0 Å². The van der Waals surface area contributed by atoms with Crippen LogP contribution in [0.2, 0.25) is 0 Å². The molecule has 3 heteroatoms. The molecule has 0 aliphatic heterocycles. The molecule has 13 heavy (non-hydrogen) atoms. The van der Waals surface area contributed by atoms with Crippen molar-refractivity contribution in [3.63, 3.8) is 0 Å². The molecule has 0 saturated carbocycles. The Morgan fingerprint density at radius 1 is 1.38 bits per heavy atom. The van der Waals surface area contributed by atoms with Crippen LogP contribution in [0, 0.1) is 5.92 Å². The maximum atomic E-state index is 11.1. The Morgan fingerprint density at radius 2 is 2.00 bits per heavy atom. The van der Waals surface area contributed by atoms with Crippen LogP contribution in [0.4, 0.5) is 0 Å². The Hall–Kier alpha value is -0.570. The van der Waals surface area contributed by atoms with E-state index in [9.17, 15) is 4.79 Å². The first-order chi connectivity index (χ1) is 6.06. The second-order valence-electron chi connectivity index (χ2n) is 3.71. The normalized spacial score (nSPS) is 13.0. The number of hydrogen-bond donors (Lipinski definition) is 1. The standard InChI is InChI=1S/C10H21NO2/c1-5-11-7-10(12)13-9(4)6-8(2)3/h8-9,11H,5-7H2,1-4H3. The van der Waals surface area contributed by atoms with Crippen LogP contribution in [0.3, 0.4) is 0 Å². The zero-order valence-electron chi connectivity index (χ0n) is 9.09. The first-order valence-corrected chi connectivity index (χ1v) is 4.96. The van der Waals surface area contributed by atoms with Gasteiger partial charge in [0, 0.05) is 0 Å². The average molecular weight is 187 g/mol. The van der Waals surface area contributed by atoms with Gasteiger partial charge in [-0.05, 0) is 25.8 Å². The fourth-order valence-electron chi connectivity index (χ4n) is 1.21. The zero-order chi connectivity index (χ0) is 10.3. The summed E-state index contributed by atoms with van der Waals surface area (Å²) in [5, 5.41) is 2.93. The number of likely N-dealkylation sites (N-methyl/N-ethyl adjacent to an activating group) is 1. The quantitative estimate of drug-likeness (QED) is 0.641. The van der Waals surface area contributed by atoms with Gasteiger partial charge in [-0.2, -0.15) is 0 Å². The molecule has 0 heterocycles. The van der Waals surface area contributed by atoms with E-state index in [2.05, 4.69) is 19.2 Å². The largest absolute Gasteiger partial charge is 0.462 e. The van der Waals surface area contributed by atoms with Crippen molar-refractivity contribution in [2.45, 2.75) is 40.2 Å². The van der Waals surface area contributed by atoms with Crippen LogP contribution >= 0.6 is 0 Å². The van der Waals surface area contributed by atoms with E-state index in [1.165, 1.54) is 0 Å². The summed E-state index contributed by atoms with van der Waals surface area (Å²) in [6, 6.07) is 0. The summed E-state index contributed by atoms with van der Waals surface area (Å²) in [5.41, 5.74) is 0. The van der Waals surface area contributed by atoms with Crippen LogP contribution in [0.1, 0.15) is 34.1 Å². The summed E-state index contributed by atoms with van der Waals surface area (Å²) in [4.78, 5) is 11.1. The summed E-state index contributed by atoms with van der Waals surface area (Å²) < 4.78 is 5.16. The van der Waals surface area contributed by atoms with Gasteiger partial charge in [0.1, 0.15) is 0 Å². The fraction of sp³-hybridized carbons (Fsp3) is 0.900. The van der Waals surface area contributed by atoms with E-state index in [4.69, 9.17) is 4.74 Å². The van der Waals surface area contributed by atoms with E-state index < -0.39 is 0 Å². The predicted octanol–water partition coefficient (Wildman–Crippen LogP) is 1.57. The van der Waals surface area contributed by atoms with Gasteiger partial charge in [-0.25, -0.2) is 0 Å². The Morgan fingerprint density at radius 3 is 2.46 bits per heavy atom. The van der Waals surface area contributed by atoms with E-state index in [1.54, 1.807) is 0 Å². The smallest absolute Gasteiger partial charge is 0.320 e. The molecule has 0 aliphatic carbocycles. The highest BCUT2D eigenvalue weighted by Crippen LogP contribution is 2.07. The topological polar surface area (TPSA) is 38.3 Å². The minimum Gasteiger partial charge on any atom is -0.462 e. The fourth-order valence-corrected chi connectivity index (χ4v) is 1.21. The minimum atomic E-state index is -0.157. The van der Waals surface area contributed by atoms with Crippen LogP contribution in [-0.4, -0.2) is 25.2 Å². The van der Waals surface area contributed by atoms with Crippen molar-refractivity contribution in [1.82, 2.24) is 5.32 Å². The third-order valence-electron chi connectivity index (χ3n) is 1.66. The molecule has 0 spiro atoms. The van der Waals surface area contributed by atoms with E-state index in [0.717, 1.165) is 13.0 Å². The van der Waals surface area contributed by atoms with Crippen LogP contribution in [0.15, 0.2) is 0 Å². The van der Waals surface area contributed by atoms with Crippen LogP contribution in [0.5, 0.6) is 0 Å². The average Bonchev–Trinajstić information content (AvgIpc) is 1.98. The number of hydrogen-bond acceptors (Lipinski definition) is 3. The molecule has 0 aromatic rings. The highest BCUT2D eigenvalue weighted by atomic mass is 16.5. The molecular formula is C10H21NO2. The van der Waals surface area contributed by atoms with Crippen molar-refractivity contribution < 1.29 is 9.53 Å². The Kier molecular flexibility index (Phi) is 6.59. The number of nitrogens with one attached hydrogen (secondary N) is 1. The lowest BCUT2D eigenvalue weighted by Gasteiger charge is -2.15. The molecule has 1 N–H and O–H groups in total. The molecule has 78 valence electrons. The molecule has 0 fully saturated rings. The van der Waals surface area contributed by atoms with Gasteiger partial charge in [-0.15, -0.1) is 0 Å². The van der Waals surface area contributed by atoms with Crippen LogP contribution < -0.4 is 5.32 Å². The van der Waals surface area contributed by atoms with Gasteiger partial charge in [0.2, 0.25) is 0 Å². The molecule has 0 amide bonds. The number of carbonyl (C=O) groups is 1. The van der Waals surface area contributed by atoms with Crippen molar-refractivity contribution in [2.75, 3.05) is 13.1 Å². The van der Waals surface area contributed by atoms with Crippen LogP contribution in [0.25, 0.3) is 0 Å². The number of rotatable bonds is 6. The molecule has 0 saturated heterocycles. The second kappa shape index (κ2) is 6.89. The van der Waals surface area contributed by atoms with Crippen molar-refractivity contribution in [3.8, 4) is 0 Å². The molecule has 0 aromatic heterocycles. The second-order valence-corrected chi connectivity index (χ2v) is 3.71. The van der Waals surface area contributed by atoms with Crippen molar-refractivity contribution in [3.05, 3.63) is 0 Å². The molecule has 3 nitrogen and oxygen atoms in total. The predicted molar refractivity (Wildman–Crippen MR) is 53.6 cm³/mol. The number of esters is 1. The highest BCUT2D eigenvalue weighted by molar-refractivity contribution is 5.71. The molecule has 0 bridgehead atoms. The summed E-state index contributed by atoms with van der Waals surface area (Å²) in [7, 11) is 0. The molecule has 1 atom stereocenters. The van der Waals surface area contributed by atoms with Gasteiger partial charge in [0.25, 0.3) is 0 Å². The molecule has 0 rings (SSSR count). The molecule has 0 radical (unpaired) electrons. The highest BCUT2D eigenvalue weighted by Gasteiger charge is 2.09. The summed E-state index contributed by atoms with van der Waals surface area (Å²) in [6.07, 6.45) is 0.962. The third kappa shape index (κ3) is 7.78. The van der Waals surface area contributed by atoms with E-state index in [-0.39, 0.29) is 12.1 Å². The molecule has 0 aromatic carbocycles. The summed E-state index contributed by atoms with van der Waals surface area (Å²) in [6.45, 7) is 9.25.